The largest absolute Gasteiger partial charge is 0.309 e. The molecule has 0 spiro atoms. The number of amides is 1. The van der Waals surface area contributed by atoms with Crippen LogP contribution >= 0.6 is 39.7 Å². The van der Waals surface area contributed by atoms with Crippen molar-refractivity contribution in [2.24, 2.45) is 7.05 Å². The maximum Gasteiger partial charge on any atom is 0.278 e. The number of nitrogens with zero attached hydrogens (tertiary/aromatic N) is 5. The SMILES string of the molecule is CN(C)CCCN(C(=O)c1ccnn1C)c1nc2ccc(Br)cc2s1.Cl. The van der Waals surface area contributed by atoms with Gasteiger partial charge in [-0.15, -0.1) is 12.4 Å². The zero-order chi connectivity index (χ0) is 18.0. The number of hydrogen-bond donors (Lipinski definition) is 0. The van der Waals surface area contributed by atoms with Crippen LogP contribution < -0.4 is 4.90 Å². The Balaban J connectivity index is 0.00000243. The van der Waals surface area contributed by atoms with Crippen LogP contribution in [0.5, 0.6) is 0 Å². The Morgan fingerprint density at radius 2 is 2.04 bits per heavy atom. The lowest BCUT2D eigenvalue weighted by atomic mass is 10.3. The molecule has 0 atom stereocenters. The molecule has 0 saturated heterocycles. The van der Waals surface area contributed by atoms with E-state index >= 15 is 0 Å². The molecule has 0 saturated carbocycles. The van der Waals surface area contributed by atoms with E-state index in [9.17, 15) is 4.79 Å². The van der Waals surface area contributed by atoms with Crippen LogP contribution in [0.15, 0.2) is 34.9 Å². The third-order valence-corrected chi connectivity index (χ3v) is 5.38. The topological polar surface area (TPSA) is 54.3 Å². The van der Waals surface area contributed by atoms with Gasteiger partial charge in [-0.1, -0.05) is 27.3 Å². The first kappa shape index (κ1) is 20.8. The van der Waals surface area contributed by atoms with Crippen LogP contribution in [-0.4, -0.2) is 52.8 Å². The van der Waals surface area contributed by atoms with Gasteiger partial charge < -0.3 is 4.90 Å². The van der Waals surface area contributed by atoms with Crippen molar-refractivity contribution in [2.45, 2.75) is 6.42 Å². The maximum absolute atomic E-state index is 13.1. The summed E-state index contributed by atoms with van der Waals surface area (Å²) in [6.45, 7) is 1.52. The second kappa shape index (κ2) is 8.94. The highest BCUT2D eigenvalue weighted by Gasteiger charge is 2.23. The van der Waals surface area contributed by atoms with Crippen molar-refractivity contribution >= 4 is 60.9 Å². The quantitative estimate of drug-likeness (QED) is 0.563. The van der Waals surface area contributed by atoms with Crippen molar-refractivity contribution in [3.8, 4) is 0 Å². The first-order valence-corrected chi connectivity index (χ1v) is 9.57. The Kier molecular flexibility index (Phi) is 7.16. The zero-order valence-corrected chi connectivity index (χ0v) is 18.1. The number of hydrogen-bond acceptors (Lipinski definition) is 5. The number of thiazole rings is 1. The lowest BCUT2D eigenvalue weighted by Crippen LogP contribution is -2.34. The number of aryl methyl sites for hydroxylation is 1. The summed E-state index contributed by atoms with van der Waals surface area (Å²) in [6, 6.07) is 7.70. The lowest BCUT2D eigenvalue weighted by molar-refractivity contribution is 0.0977. The molecule has 2 aromatic heterocycles. The highest BCUT2D eigenvalue weighted by Crippen LogP contribution is 2.31. The molecule has 0 bridgehead atoms. The number of aromatic nitrogens is 3. The van der Waals surface area contributed by atoms with Crippen molar-refractivity contribution in [1.82, 2.24) is 19.7 Å². The second-order valence-electron chi connectivity index (χ2n) is 6.06. The average Bonchev–Trinajstić information content (AvgIpc) is 3.16. The highest BCUT2D eigenvalue weighted by atomic mass is 79.9. The Hall–Kier alpha value is -1.48. The summed E-state index contributed by atoms with van der Waals surface area (Å²) in [4.78, 5) is 21.6. The molecule has 6 nitrogen and oxygen atoms in total. The third kappa shape index (κ3) is 4.62. The molecule has 0 radical (unpaired) electrons. The Bertz CT molecular complexity index is 894. The van der Waals surface area contributed by atoms with Crippen LogP contribution in [0.2, 0.25) is 0 Å². The molecule has 2 heterocycles. The number of carbonyl (C=O) groups excluding carboxylic acids is 1. The lowest BCUT2D eigenvalue weighted by Gasteiger charge is -2.20. The van der Waals surface area contributed by atoms with E-state index in [2.05, 4.69) is 30.9 Å². The average molecular weight is 459 g/mol. The van der Waals surface area contributed by atoms with E-state index in [1.807, 2.05) is 32.3 Å². The number of carbonyl (C=O) groups is 1. The molecular formula is C17H21BrClN5OS. The molecule has 3 rings (SSSR count). The minimum Gasteiger partial charge on any atom is -0.309 e. The normalized spacial score (nSPS) is 11.0. The number of halogens is 2. The monoisotopic (exact) mass is 457 g/mol. The van der Waals surface area contributed by atoms with E-state index in [4.69, 9.17) is 0 Å². The second-order valence-corrected chi connectivity index (χ2v) is 7.99. The first-order chi connectivity index (χ1) is 12.0. The van der Waals surface area contributed by atoms with E-state index in [0.29, 0.717) is 12.2 Å². The van der Waals surface area contributed by atoms with Gasteiger partial charge in [-0.2, -0.15) is 5.10 Å². The van der Waals surface area contributed by atoms with Crippen LogP contribution in [0.25, 0.3) is 10.2 Å². The van der Waals surface area contributed by atoms with E-state index < -0.39 is 0 Å². The Labute approximate surface area is 171 Å². The summed E-state index contributed by atoms with van der Waals surface area (Å²) in [5.41, 5.74) is 1.46. The molecular weight excluding hydrogens is 438 g/mol. The number of fused-ring (bicyclic) bond motifs is 1. The zero-order valence-electron chi connectivity index (χ0n) is 14.8. The van der Waals surface area contributed by atoms with E-state index in [-0.39, 0.29) is 18.3 Å². The van der Waals surface area contributed by atoms with Crippen molar-refractivity contribution in [1.29, 1.82) is 0 Å². The van der Waals surface area contributed by atoms with Gasteiger partial charge in [0, 0.05) is 24.3 Å². The van der Waals surface area contributed by atoms with Gasteiger partial charge in [0.25, 0.3) is 5.91 Å². The smallest absolute Gasteiger partial charge is 0.278 e. The van der Waals surface area contributed by atoms with Gasteiger partial charge in [-0.25, -0.2) is 4.98 Å². The molecule has 0 aliphatic carbocycles. The molecule has 0 aliphatic heterocycles. The highest BCUT2D eigenvalue weighted by molar-refractivity contribution is 9.10. The molecule has 26 heavy (non-hydrogen) atoms. The van der Waals surface area contributed by atoms with Crippen LogP contribution in [0.1, 0.15) is 16.9 Å². The van der Waals surface area contributed by atoms with Gasteiger partial charge in [0.15, 0.2) is 5.13 Å². The Morgan fingerprint density at radius 3 is 2.69 bits per heavy atom. The van der Waals surface area contributed by atoms with Gasteiger partial charge in [0.1, 0.15) is 5.69 Å². The van der Waals surface area contributed by atoms with Gasteiger partial charge in [-0.3, -0.25) is 14.4 Å². The van der Waals surface area contributed by atoms with Crippen molar-refractivity contribution < 1.29 is 4.79 Å². The summed E-state index contributed by atoms with van der Waals surface area (Å²) in [5, 5.41) is 4.83. The predicted octanol–water partition coefficient (Wildman–Crippen LogP) is 3.81. The molecule has 9 heteroatoms. The summed E-state index contributed by atoms with van der Waals surface area (Å²) < 4.78 is 3.66. The van der Waals surface area contributed by atoms with Crippen LogP contribution in [0.3, 0.4) is 0 Å². The fourth-order valence-corrected chi connectivity index (χ4v) is 4.09. The molecule has 3 aromatic rings. The summed E-state index contributed by atoms with van der Waals surface area (Å²) in [7, 11) is 5.84. The number of benzene rings is 1. The number of rotatable bonds is 6. The number of anilines is 1. The minimum absolute atomic E-state index is 0. The van der Waals surface area contributed by atoms with Gasteiger partial charge in [-0.05, 0) is 51.3 Å². The molecule has 0 N–H and O–H groups in total. The fourth-order valence-electron chi connectivity index (χ4n) is 2.55. The molecule has 1 amide bonds. The van der Waals surface area contributed by atoms with Crippen LogP contribution in [0.4, 0.5) is 5.13 Å². The molecule has 0 fully saturated rings. The van der Waals surface area contributed by atoms with Crippen molar-refractivity contribution in [3.05, 3.63) is 40.6 Å². The van der Waals surface area contributed by atoms with Crippen LogP contribution in [-0.2, 0) is 7.05 Å². The van der Waals surface area contributed by atoms with Crippen molar-refractivity contribution in [2.75, 3.05) is 32.1 Å². The van der Waals surface area contributed by atoms with Crippen molar-refractivity contribution in [3.63, 3.8) is 0 Å². The molecule has 1 aromatic carbocycles. The fraction of sp³-hybridized carbons (Fsp3) is 0.353. The molecule has 0 unspecified atom stereocenters. The minimum atomic E-state index is -0.0723. The van der Waals surface area contributed by atoms with E-state index in [0.717, 1.165) is 32.8 Å². The maximum atomic E-state index is 13.1. The summed E-state index contributed by atoms with van der Waals surface area (Å²) in [5.74, 6) is -0.0723. The van der Waals surface area contributed by atoms with E-state index in [1.165, 1.54) is 11.3 Å². The van der Waals surface area contributed by atoms with E-state index in [1.54, 1.807) is 28.9 Å². The molecule has 0 aliphatic rings. The Morgan fingerprint density at radius 1 is 1.27 bits per heavy atom. The molecule has 140 valence electrons. The van der Waals surface area contributed by atoms with Gasteiger partial charge in [0.2, 0.25) is 0 Å². The first-order valence-electron chi connectivity index (χ1n) is 7.96. The van der Waals surface area contributed by atoms with Crippen LogP contribution in [0, 0.1) is 0 Å². The van der Waals surface area contributed by atoms with Gasteiger partial charge in [0.05, 0.1) is 10.2 Å². The standard InChI is InChI=1S/C17H20BrN5OS.ClH/c1-21(2)9-4-10-23(16(24)14-7-8-19-22(14)3)17-20-13-6-5-12(18)11-15(13)25-17;/h5-8,11H,4,9-10H2,1-3H3;1H. The summed E-state index contributed by atoms with van der Waals surface area (Å²) >= 11 is 5.02. The third-order valence-electron chi connectivity index (χ3n) is 3.84. The summed E-state index contributed by atoms with van der Waals surface area (Å²) in [6.07, 6.45) is 2.51. The van der Waals surface area contributed by atoms with Gasteiger partial charge >= 0.3 is 0 Å². The predicted molar refractivity (Wildman–Crippen MR) is 113 cm³/mol.